The van der Waals surface area contributed by atoms with E-state index in [-0.39, 0.29) is 47.5 Å². The average Bonchev–Trinajstić information content (AvgIpc) is 3.28. The topological polar surface area (TPSA) is 136 Å². The van der Waals surface area contributed by atoms with Crippen molar-refractivity contribution in [2.75, 3.05) is 52.4 Å². The van der Waals surface area contributed by atoms with Crippen molar-refractivity contribution >= 4 is 23.9 Å². The van der Waals surface area contributed by atoms with Gasteiger partial charge in [0.05, 0.1) is 23.7 Å². The number of ether oxygens (including phenoxy) is 4. The van der Waals surface area contributed by atoms with Crippen molar-refractivity contribution in [2.24, 2.45) is 23.7 Å². The third-order valence-corrected chi connectivity index (χ3v) is 12.1. The van der Waals surface area contributed by atoms with Crippen molar-refractivity contribution in [1.29, 1.82) is 0 Å². The lowest BCUT2D eigenvalue weighted by Crippen LogP contribution is -2.47. The van der Waals surface area contributed by atoms with Crippen LogP contribution in [-0.2, 0) is 32.3 Å². The number of unbranched alkanes of at least 4 members (excludes halogenated alkanes) is 4. The molecule has 2 aromatic rings. The molecule has 64 heavy (non-hydrogen) atoms. The normalized spacial score (nSPS) is 15.2. The Labute approximate surface area is 386 Å². The number of carbonyl (C=O) groups excluding carboxylic acids is 4. The van der Waals surface area contributed by atoms with Crippen molar-refractivity contribution in [1.82, 2.24) is 20.4 Å². The molecular formula is C52H84N4O8. The minimum Gasteiger partial charge on any atom is -0.426 e. The molecule has 0 aromatic heterocycles. The van der Waals surface area contributed by atoms with Gasteiger partial charge in [0.2, 0.25) is 0 Å². The fourth-order valence-corrected chi connectivity index (χ4v) is 7.64. The highest BCUT2D eigenvalue weighted by atomic mass is 16.6. The lowest BCUT2D eigenvalue weighted by Gasteiger charge is -2.34. The van der Waals surface area contributed by atoms with Gasteiger partial charge in [0.1, 0.15) is 23.0 Å². The summed E-state index contributed by atoms with van der Waals surface area (Å²) >= 11 is 0. The van der Waals surface area contributed by atoms with Gasteiger partial charge in [-0.25, -0.2) is 0 Å². The second-order valence-electron chi connectivity index (χ2n) is 18.2. The molecule has 1 fully saturated rings. The Balaban J connectivity index is 1.43. The van der Waals surface area contributed by atoms with Crippen molar-refractivity contribution < 1.29 is 38.1 Å². The average molecular weight is 893 g/mol. The van der Waals surface area contributed by atoms with Crippen LogP contribution in [0.25, 0.3) is 0 Å². The first kappa shape index (κ1) is 54.5. The van der Waals surface area contributed by atoms with Gasteiger partial charge in [-0.2, -0.15) is 0 Å². The molecule has 1 heterocycles. The largest absolute Gasteiger partial charge is 0.426 e. The zero-order valence-electron chi connectivity index (χ0n) is 40.9. The van der Waals surface area contributed by atoms with E-state index in [4.69, 9.17) is 18.9 Å². The molecule has 360 valence electrons. The molecule has 0 bridgehead atoms. The van der Waals surface area contributed by atoms with E-state index in [0.717, 1.165) is 153 Å². The van der Waals surface area contributed by atoms with Crippen LogP contribution in [-0.4, -0.2) is 86.0 Å². The number of esters is 4. The summed E-state index contributed by atoms with van der Waals surface area (Å²) in [5.41, 5.74) is 1.80. The fraction of sp³-hybridized carbons (Fsp3) is 0.692. The molecule has 1 aliphatic rings. The van der Waals surface area contributed by atoms with Crippen LogP contribution in [0.4, 0.5) is 0 Å². The zero-order valence-corrected chi connectivity index (χ0v) is 40.9. The smallest absolute Gasteiger partial charge is 0.314 e. The minimum atomic E-state index is -0.266. The van der Waals surface area contributed by atoms with E-state index in [1.807, 2.05) is 52.0 Å². The van der Waals surface area contributed by atoms with Gasteiger partial charge in [-0.1, -0.05) is 107 Å². The monoisotopic (exact) mass is 893 g/mol. The number of hydrogen-bond donors (Lipinski definition) is 2. The standard InChI is InChI=1S/C52H84N4O8/c1-9-13-19-39(5)49(57)61-45-31-43(32-46(35-45)62-50(58)40(6)20-14-10-2)37-53-23-17-25-55-27-29-56(30-28-55)26-18-24-54-38-44-33-47(63-51(59)41(7)21-15-11-3)36-48(34-44)64-52(60)42(8)22-16-12-4/h31-36,39-42,53-54H,9-30,37-38H2,1-8H3. The van der Waals surface area contributed by atoms with E-state index in [1.54, 1.807) is 12.1 Å². The Hall–Kier alpha value is -3.84. The number of nitrogens with zero attached hydrogens (tertiary/aromatic N) is 2. The summed E-state index contributed by atoms with van der Waals surface area (Å²) in [6, 6.07) is 10.8. The van der Waals surface area contributed by atoms with Crippen molar-refractivity contribution in [3.05, 3.63) is 47.5 Å². The maximum absolute atomic E-state index is 12.8. The third-order valence-electron chi connectivity index (χ3n) is 12.1. The molecule has 0 saturated carbocycles. The highest BCUT2D eigenvalue weighted by molar-refractivity contribution is 5.77. The summed E-state index contributed by atoms with van der Waals surface area (Å²) in [6.45, 7) is 25.0. The molecule has 0 amide bonds. The van der Waals surface area contributed by atoms with Gasteiger partial charge in [-0.05, 0) is 100 Å². The molecule has 4 atom stereocenters. The first-order valence-corrected chi connectivity index (χ1v) is 24.9. The summed E-state index contributed by atoms with van der Waals surface area (Å²) in [7, 11) is 0. The fourth-order valence-electron chi connectivity index (χ4n) is 7.64. The molecule has 1 saturated heterocycles. The first-order valence-electron chi connectivity index (χ1n) is 24.9. The number of rotatable bonds is 32. The van der Waals surface area contributed by atoms with Gasteiger partial charge >= 0.3 is 23.9 Å². The molecular weight excluding hydrogens is 809 g/mol. The van der Waals surface area contributed by atoms with Gasteiger partial charge < -0.3 is 39.4 Å². The maximum Gasteiger partial charge on any atom is 0.314 e. The van der Waals surface area contributed by atoms with Gasteiger partial charge in [0.15, 0.2) is 0 Å². The molecule has 2 aromatic carbocycles. The predicted molar refractivity (Wildman–Crippen MR) is 256 cm³/mol. The summed E-state index contributed by atoms with van der Waals surface area (Å²) in [4.78, 5) is 56.4. The molecule has 0 spiro atoms. The van der Waals surface area contributed by atoms with Gasteiger partial charge in [0, 0.05) is 51.4 Å². The van der Waals surface area contributed by atoms with E-state index in [2.05, 4.69) is 48.1 Å². The SMILES string of the molecule is CCCCC(C)C(=O)Oc1cc(CNCCCN2CCN(CCCNCc3cc(OC(=O)C(C)CCCC)cc(OC(=O)C(C)CCCC)c3)CC2)cc(OC(=O)C(C)CCCC)c1. The lowest BCUT2D eigenvalue weighted by atomic mass is 10.0. The Morgan fingerprint density at radius 2 is 0.719 bits per heavy atom. The van der Waals surface area contributed by atoms with Crippen molar-refractivity contribution in [2.45, 2.75) is 158 Å². The van der Waals surface area contributed by atoms with Crippen LogP contribution in [0.1, 0.15) is 156 Å². The van der Waals surface area contributed by atoms with Crippen LogP contribution in [0.5, 0.6) is 23.0 Å². The van der Waals surface area contributed by atoms with Gasteiger partial charge in [-0.15, -0.1) is 0 Å². The van der Waals surface area contributed by atoms with Crippen LogP contribution in [0.3, 0.4) is 0 Å². The molecule has 0 aliphatic carbocycles. The zero-order chi connectivity index (χ0) is 46.7. The molecule has 12 nitrogen and oxygen atoms in total. The lowest BCUT2D eigenvalue weighted by molar-refractivity contribution is -0.140. The van der Waals surface area contributed by atoms with Gasteiger partial charge in [-0.3, -0.25) is 19.2 Å². The van der Waals surface area contributed by atoms with E-state index in [0.29, 0.717) is 36.1 Å². The van der Waals surface area contributed by atoms with E-state index in [1.165, 1.54) is 0 Å². The third kappa shape index (κ3) is 21.4. The molecule has 1 aliphatic heterocycles. The van der Waals surface area contributed by atoms with Crippen LogP contribution in [0.15, 0.2) is 36.4 Å². The Bertz CT molecular complexity index is 1460. The summed E-state index contributed by atoms with van der Waals surface area (Å²) in [5, 5.41) is 7.08. The maximum atomic E-state index is 12.8. The highest BCUT2D eigenvalue weighted by Crippen LogP contribution is 2.28. The summed E-state index contributed by atoms with van der Waals surface area (Å²) in [5.74, 6) is -0.254. The van der Waals surface area contributed by atoms with E-state index >= 15 is 0 Å². The Morgan fingerprint density at radius 1 is 0.453 bits per heavy atom. The van der Waals surface area contributed by atoms with E-state index in [9.17, 15) is 19.2 Å². The van der Waals surface area contributed by atoms with Crippen LogP contribution >= 0.6 is 0 Å². The first-order chi connectivity index (χ1) is 30.8. The van der Waals surface area contributed by atoms with Crippen LogP contribution in [0, 0.1) is 23.7 Å². The number of piperazine rings is 1. The van der Waals surface area contributed by atoms with Gasteiger partial charge in [0.25, 0.3) is 0 Å². The number of benzene rings is 2. The molecule has 12 heteroatoms. The van der Waals surface area contributed by atoms with Crippen molar-refractivity contribution in [3.8, 4) is 23.0 Å². The van der Waals surface area contributed by atoms with E-state index < -0.39 is 0 Å². The molecule has 0 radical (unpaired) electrons. The molecule has 2 N–H and O–H groups in total. The summed E-state index contributed by atoms with van der Waals surface area (Å²) < 4.78 is 23.2. The molecule has 4 unspecified atom stereocenters. The number of hydrogen-bond acceptors (Lipinski definition) is 12. The second-order valence-corrected chi connectivity index (χ2v) is 18.2. The minimum absolute atomic E-state index is 0.204. The number of nitrogens with one attached hydrogen (secondary N) is 2. The predicted octanol–water partition coefficient (Wildman–Crippen LogP) is 9.89. The van der Waals surface area contributed by atoms with Crippen LogP contribution < -0.4 is 29.6 Å². The second kappa shape index (κ2) is 31.1. The van der Waals surface area contributed by atoms with Crippen molar-refractivity contribution in [3.63, 3.8) is 0 Å². The van der Waals surface area contributed by atoms with Crippen LogP contribution in [0.2, 0.25) is 0 Å². The number of carbonyl (C=O) groups is 4. The molecule has 3 rings (SSSR count). The highest BCUT2D eigenvalue weighted by Gasteiger charge is 2.21. The quantitative estimate of drug-likeness (QED) is 0.0411. The Kier molecular flexibility index (Phi) is 26.5. The Morgan fingerprint density at radius 3 is 0.969 bits per heavy atom. The summed E-state index contributed by atoms with van der Waals surface area (Å²) in [6.07, 6.45) is 13.1.